The fourth-order valence-corrected chi connectivity index (χ4v) is 2.36. The number of hydrogen-bond donors (Lipinski definition) is 1. The van der Waals surface area contributed by atoms with E-state index in [4.69, 9.17) is 10.7 Å². The predicted octanol–water partition coefficient (Wildman–Crippen LogP) is 3.46. The number of anilines is 2. The molecule has 3 nitrogen and oxygen atoms in total. The molecule has 0 radical (unpaired) electrons. The van der Waals surface area contributed by atoms with Crippen LogP contribution >= 0.6 is 0 Å². The van der Waals surface area contributed by atoms with Gasteiger partial charge in [0.1, 0.15) is 5.82 Å². The third kappa shape index (κ3) is 2.24. The Bertz CT molecular complexity index is 723. The number of benzene rings is 2. The summed E-state index contributed by atoms with van der Waals surface area (Å²) in [5, 5.41) is 1.12. The second-order valence-electron chi connectivity index (χ2n) is 4.76. The molecule has 0 aliphatic carbocycles. The maximum absolute atomic E-state index is 5.89. The lowest BCUT2D eigenvalue weighted by atomic mass is 10.1. The maximum Gasteiger partial charge on any atom is 0.137 e. The summed E-state index contributed by atoms with van der Waals surface area (Å²) in [5.41, 5.74) is 9.03. The molecule has 0 amide bonds. The highest BCUT2D eigenvalue weighted by atomic mass is 15.2. The quantitative estimate of drug-likeness (QED) is 0.787. The van der Waals surface area contributed by atoms with Crippen LogP contribution in [0.1, 0.15) is 5.56 Å². The lowest BCUT2D eigenvalue weighted by Crippen LogP contribution is -2.15. The summed E-state index contributed by atoms with van der Waals surface area (Å²) >= 11 is 0. The van der Waals surface area contributed by atoms with E-state index in [1.54, 1.807) is 0 Å². The van der Waals surface area contributed by atoms with Crippen LogP contribution in [0, 0.1) is 0 Å². The van der Waals surface area contributed by atoms with Crippen molar-refractivity contribution in [3.63, 3.8) is 0 Å². The normalized spacial score (nSPS) is 10.7. The highest BCUT2D eigenvalue weighted by Gasteiger charge is 2.11. The van der Waals surface area contributed by atoms with Crippen LogP contribution in [0.2, 0.25) is 0 Å². The van der Waals surface area contributed by atoms with Crippen molar-refractivity contribution >= 4 is 22.4 Å². The number of fused-ring (bicyclic) bond motifs is 1. The first kappa shape index (κ1) is 12.6. The van der Waals surface area contributed by atoms with Crippen LogP contribution in [-0.4, -0.2) is 12.0 Å². The highest BCUT2D eigenvalue weighted by Crippen LogP contribution is 2.27. The van der Waals surface area contributed by atoms with Gasteiger partial charge in [-0.3, -0.25) is 0 Å². The van der Waals surface area contributed by atoms with E-state index in [2.05, 4.69) is 29.2 Å². The number of hydrogen-bond acceptors (Lipinski definition) is 3. The lowest BCUT2D eigenvalue weighted by Gasteiger charge is -2.21. The Labute approximate surface area is 118 Å². The molecule has 0 aliphatic rings. The summed E-state index contributed by atoms with van der Waals surface area (Å²) in [6, 6.07) is 20.4. The van der Waals surface area contributed by atoms with Crippen LogP contribution in [-0.2, 0) is 6.54 Å². The number of nitrogens with two attached hydrogens (primary N) is 1. The second kappa shape index (κ2) is 5.31. The van der Waals surface area contributed by atoms with Crippen LogP contribution in [0.3, 0.4) is 0 Å². The van der Waals surface area contributed by atoms with E-state index in [1.165, 1.54) is 0 Å². The van der Waals surface area contributed by atoms with Crippen LogP contribution in [0.25, 0.3) is 10.9 Å². The van der Waals surface area contributed by atoms with E-state index < -0.39 is 0 Å². The molecule has 20 heavy (non-hydrogen) atoms. The first-order valence-electron chi connectivity index (χ1n) is 6.67. The number of nitrogens with zero attached hydrogens (tertiary/aromatic N) is 2. The monoisotopic (exact) mass is 263 g/mol. The SMILES string of the molecule is CN(c1ccccc1)c1nc2ccccc2cc1CN. The first-order valence-corrected chi connectivity index (χ1v) is 6.67. The number of rotatable bonds is 3. The largest absolute Gasteiger partial charge is 0.329 e. The molecule has 0 saturated carbocycles. The van der Waals surface area contributed by atoms with Gasteiger partial charge in [0.25, 0.3) is 0 Å². The molecule has 1 aromatic heterocycles. The Kier molecular flexibility index (Phi) is 3.35. The average molecular weight is 263 g/mol. The molecular weight excluding hydrogens is 246 g/mol. The van der Waals surface area contributed by atoms with Gasteiger partial charge in [0, 0.05) is 30.2 Å². The molecule has 0 bridgehead atoms. The Hall–Kier alpha value is -2.39. The molecule has 0 atom stereocenters. The van der Waals surface area contributed by atoms with Crippen LogP contribution in [0.4, 0.5) is 11.5 Å². The summed E-state index contributed by atoms with van der Waals surface area (Å²) in [6.45, 7) is 0.477. The van der Waals surface area contributed by atoms with Crippen molar-refractivity contribution in [2.45, 2.75) is 6.54 Å². The maximum atomic E-state index is 5.89. The molecular formula is C17H17N3. The third-order valence-electron chi connectivity index (χ3n) is 3.46. The molecule has 0 spiro atoms. The van der Waals surface area contributed by atoms with E-state index in [1.807, 2.05) is 43.4 Å². The van der Waals surface area contributed by atoms with E-state index in [0.29, 0.717) is 6.54 Å². The van der Waals surface area contributed by atoms with Crippen molar-refractivity contribution in [1.29, 1.82) is 0 Å². The van der Waals surface area contributed by atoms with Gasteiger partial charge in [0.05, 0.1) is 5.52 Å². The highest BCUT2D eigenvalue weighted by molar-refractivity contribution is 5.82. The van der Waals surface area contributed by atoms with E-state index in [-0.39, 0.29) is 0 Å². The molecule has 2 N–H and O–H groups in total. The van der Waals surface area contributed by atoms with Gasteiger partial charge in [-0.2, -0.15) is 0 Å². The summed E-state index contributed by atoms with van der Waals surface area (Å²) in [5.74, 6) is 0.914. The minimum atomic E-state index is 0.477. The van der Waals surface area contributed by atoms with Crippen LogP contribution < -0.4 is 10.6 Å². The van der Waals surface area contributed by atoms with Crippen LogP contribution in [0.15, 0.2) is 60.7 Å². The van der Waals surface area contributed by atoms with Gasteiger partial charge in [0.15, 0.2) is 0 Å². The molecule has 3 rings (SSSR count). The predicted molar refractivity (Wildman–Crippen MR) is 84.1 cm³/mol. The molecule has 3 heteroatoms. The molecule has 2 aromatic carbocycles. The van der Waals surface area contributed by atoms with Crippen molar-refractivity contribution in [2.75, 3.05) is 11.9 Å². The zero-order chi connectivity index (χ0) is 13.9. The lowest BCUT2D eigenvalue weighted by molar-refractivity contribution is 1.02. The van der Waals surface area contributed by atoms with Crippen molar-refractivity contribution < 1.29 is 0 Å². The molecule has 100 valence electrons. The van der Waals surface area contributed by atoms with Crippen molar-refractivity contribution in [1.82, 2.24) is 4.98 Å². The van der Waals surface area contributed by atoms with Gasteiger partial charge >= 0.3 is 0 Å². The second-order valence-corrected chi connectivity index (χ2v) is 4.76. The summed E-state index contributed by atoms with van der Waals surface area (Å²) in [7, 11) is 2.02. The molecule has 1 heterocycles. The van der Waals surface area contributed by atoms with E-state index in [0.717, 1.165) is 28.0 Å². The standard InChI is InChI=1S/C17H17N3/c1-20(15-8-3-2-4-9-15)17-14(12-18)11-13-7-5-6-10-16(13)19-17/h2-11H,12,18H2,1H3. The number of aromatic nitrogens is 1. The zero-order valence-electron chi connectivity index (χ0n) is 11.5. The first-order chi connectivity index (χ1) is 9.79. The zero-order valence-corrected chi connectivity index (χ0v) is 11.5. The van der Waals surface area contributed by atoms with Crippen molar-refractivity contribution in [2.24, 2.45) is 5.73 Å². The third-order valence-corrected chi connectivity index (χ3v) is 3.46. The van der Waals surface area contributed by atoms with Gasteiger partial charge < -0.3 is 10.6 Å². The summed E-state index contributed by atoms with van der Waals surface area (Å²) in [4.78, 5) is 6.85. The van der Waals surface area contributed by atoms with Crippen LogP contribution in [0.5, 0.6) is 0 Å². The van der Waals surface area contributed by atoms with E-state index >= 15 is 0 Å². The minimum Gasteiger partial charge on any atom is -0.329 e. The fourth-order valence-electron chi connectivity index (χ4n) is 2.36. The van der Waals surface area contributed by atoms with Gasteiger partial charge in [-0.25, -0.2) is 4.98 Å². The molecule has 0 unspecified atom stereocenters. The molecule has 0 saturated heterocycles. The Morgan fingerprint density at radius 1 is 1.00 bits per heavy atom. The van der Waals surface area contributed by atoms with Gasteiger partial charge in [0.2, 0.25) is 0 Å². The Morgan fingerprint density at radius 3 is 2.45 bits per heavy atom. The molecule has 0 aliphatic heterocycles. The minimum absolute atomic E-state index is 0.477. The molecule has 0 fully saturated rings. The van der Waals surface area contributed by atoms with Gasteiger partial charge in [-0.1, -0.05) is 36.4 Å². The average Bonchev–Trinajstić information content (AvgIpc) is 2.53. The van der Waals surface area contributed by atoms with Crippen molar-refractivity contribution in [3.05, 3.63) is 66.2 Å². The Balaban J connectivity index is 2.14. The Morgan fingerprint density at radius 2 is 1.70 bits per heavy atom. The number of para-hydroxylation sites is 2. The molecule has 3 aromatic rings. The number of pyridine rings is 1. The topological polar surface area (TPSA) is 42.2 Å². The summed E-state index contributed by atoms with van der Waals surface area (Å²) in [6.07, 6.45) is 0. The van der Waals surface area contributed by atoms with Crippen molar-refractivity contribution in [3.8, 4) is 0 Å². The van der Waals surface area contributed by atoms with Gasteiger partial charge in [-0.05, 0) is 24.3 Å². The summed E-state index contributed by atoms with van der Waals surface area (Å²) < 4.78 is 0. The van der Waals surface area contributed by atoms with Gasteiger partial charge in [-0.15, -0.1) is 0 Å². The van der Waals surface area contributed by atoms with E-state index in [9.17, 15) is 0 Å². The smallest absolute Gasteiger partial charge is 0.137 e. The fraction of sp³-hybridized carbons (Fsp3) is 0.118.